The molecule has 0 aliphatic heterocycles. The fourth-order valence-electron chi connectivity index (χ4n) is 0.909. The maximum Gasteiger partial charge on any atom is 1.00 e. The molecule has 1 aromatic rings. The van der Waals surface area contributed by atoms with E-state index in [1.54, 1.807) is 0 Å². The third-order valence-electron chi connectivity index (χ3n) is 1.47. The van der Waals surface area contributed by atoms with E-state index in [0.29, 0.717) is 0 Å². The minimum atomic E-state index is -4.50. The van der Waals surface area contributed by atoms with Crippen LogP contribution in [-0.4, -0.2) is 24.2 Å². The van der Waals surface area contributed by atoms with Gasteiger partial charge in [0.1, 0.15) is 4.90 Å². The molecule has 0 radical (unpaired) electrons. The second-order valence-electron chi connectivity index (χ2n) is 2.35. The Balaban J connectivity index is 0. The van der Waals surface area contributed by atoms with Gasteiger partial charge in [-0.05, 0) is 12.1 Å². The van der Waals surface area contributed by atoms with Crippen LogP contribution in [0.5, 0.6) is 0 Å². The zero-order valence-electron chi connectivity index (χ0n) is 8.75. The van der Waals surface area contributed by atoms with Crippen molar-refractivity contribution in [2.75, 3.05) is 0 Å². The minimum absolute atomic E-state index is 0. The molecule has 15 heavy (non-hydrogen) atoms. The maximum atomic E-state index is 10.8. The van der Waals surface area contributed by atoms with Crippen LogP contribution in [0.1, 0.15) is 11.8 Å². The van der Waals surface area contributed by atoms with Crippen LogP contribution >= 0.6 is 0 Å². The zero-order valence-corrected chi connectivity index (χ0v) is 11.7. The van der Waals surface area contributed by atoms with Crippen LogP contribution in [0.4, 0.5) is 0 Å². The first-order chi connectivity index (χ1) is 6.46. The summed E-state index contributed by atoms with van der Waals surface area (Å²) in [5, 5.41) is 8.05. The van der Waals surface area contributed by atoms with Crippen LogP contribution in [0, 0.1) is 0 Å². The third kappa shape index (κ3) is 3.92. The molecule has 0 saturated heterocycles. The number of hydrogen-bond acceptors (Lipinski definition) is 5. The quantitative estimate of drug-likeness (QED) is 0.267. The molecule has 0 aromatic heterocycles. The molecule has 0 saturated carbocycles. The Labute approximate surface area is 130 Å². The summed E-state index contributed by atoms with van der Waals surface area (Å²) >= 11 is 0. The molecule has 0 aliphatic rings. The third-order valence-corrected chi connectivity index (χ3v) is 2.38. The average Bonchev–Trinajstić information content (AvgIpc) is 2.15. The van der Waals surface area contributed by atoms with E-state index in [9.17, 15) is 13.2 Å². The topological polar surface area (TPSA) is 101 Å². The van der Waals surface area contributed by atoms with Crippen molar-refractivity contribution in [3.05, 3.63) is 29.8 Å². The monoisotopic (exact) mass is 258 g/mol. The van der Waals surface area contributed by atoms with Crippen molar-refractivity contribution in [2.24, 2.45) is 0 Å². The summed E-state index contributed by atoms with van der Waals surface area (Å²) in [7, 11) is -4.50. The summed E-state index contributed by atoms with van der Waals surface area (Å²) in [5.74, 6) is -1.25. The van der Waals surface area contributed by atoms with E-state index in [2.05, 4.69) is 4.89 Å². The Morgan fingerprint density at radius 1 is 1.33 bits per heavy atom. The fourth-order valence-corrected chi connectivity index (χ4v) is 1.59. The summed E-state index contributed by atoms with van der Waals surface area (Å²) in [6.07, 6.45) is 0. The van der Waals surface area contributed by atoms with Gasteiger partial charge < -0.3 is 1.43 Å². The molecule has 1 aromatic carbocycles. The molecule has 1 rings (SSSR count). The van der Waals surface area contributed by atoms with Gasteiger partial charge in [-0.1, -0.05) is 12.1 Å². The maximum absolute atomic E-state index is 10.8. The Kier molecular flexibility index (Phi) is 6.14. The number of rotatable bonds is 2. The smallest absolute Gasteiger partial charge is 1.00 e. The minimum Gasteiger partial charge on any atom is -1.00 e. The molecule has 0 aliphatic carbocycles. The summed E-state index contributed by atoms with van der Waals surface area (Å²) in [6, 6.07) is 4.79. The van der Waals surface area contributed by atoms with Crippen molar-refractivity contribution >= 4 is 16.1 Å². The molecule has 0 amide bonds. The van der Waals surface area contributed by atoms with E-state index in [4.69, 9.17) is 9.81 Å². The number of carbonyl (C=O) groups is 1. The van der Waals surface area contributed by atoms with E-state index in [0.717, 1.165) is 12.1 Å². The van der Waals surface area contributed by atoms with E-state index >= 15 is 0 Å². The second-order valence-corrected chi connectivity index (χ2v) is 3.74. The van der Waals surface area contributed by atoms with E-state index in [-0.39, 0.29) is 52.8 Å². The fraction of sp³-hybridized carbons (Fsp3) is 0. The standard InChI is InChI=1S/C7H6O6S.K.H/c8-7(13-9)5-3-1-2-4-6(5)14(10,11)12;;/h1-4,9H,(H,10,11,12);;/q;+1;-1. The van der Waals surface area contributed by atoms with Gasteiger partial charge in [-0.2, -0.15) is 13.7 Å². The Bertz CT molecular complexity index is 460. The largest absolute Gasteiger partial charge is 1.00 e. The predicted octanol–water partition coefficient (Wildman–Crippen LogP) is -2.32. The van der Waals surface area contributed by atoms with Crippen molar-refractivity contribution in [3.8, 4) is 0 Å². The zero-order chi connectivity index (χ0) is 10.8. The average molecular weight is 258 g/mol. The first-order valence-electron chi connectivity index (χ1n) is 3.39. The predicted molar refractivity (Wildman–Crippen MR) is 45.4 cm³/mol. The summed E-state index contributed by atoms with van der Waals surface area (Å²) in [5.41, 5.74) is -0.433. The van der Waals surface area contributed by atoms with Crippen molar-refractivity contribution in [1.29, 1.82) is 0 Å². The summed E-state index contributed by atoms with van der Waals surface area (Å²) in [4.78, 5) is 13.6. The van der Waals surface area contributed by atoms with E-state index in [1.807, 2.05) is 0 Å². The van der Waals surface area contributed by atoms with E-state index in [1.165, 1.54) is 12.1 Å². The van der Waals surface area contributed by atoms with Gasteiger partial charge in [-0.25, -0.2) is 4.79 Å². The number of benzene rings is 1. The van der Waals surface area contributed by atoms with Crippen molar-refractivity contribution < 1.29 is 80.7 Å². The van der Waals surface area contributed by atoms with Gasteiger partial charge in [0.15, 0.2) is 0 Å². The van der Waals surface area contributed by atoms with Gasteiger partial charge in [0.2, 0.25) is 0 Å². The molecule has 78 valence electrons. The molecular weight excluding hydrogens is 251 g/mol. The normalized spacial score (nSPS) is 10.3. The summed E-state index contributed by atoms with van der Waals surface area (Å²) < 4.78 is 30.2. The number of hydrogen-bond donors (Lipinski definition) is 2. The molecule has 0 bridgehead atoms. The van der Waals surface area contributed by atoms with Crippen LogP contribution < -0.4 is 51.4 Å². The number of carbonyl (C=O) groups excluding carboxylic acids is 1. The van der Waals surface area contributed by atoms with Crippen LogP contribution in [0.2, 0.25) is 0 Å². The van der Waals surface area contributed by atoms with Gasteiger partial charge in [0, 0.05) is 0 Å². The molecule has 8 heteroatoms. The molecule has 0 heterocycles. The second kappa shape index (κ2) is 6.06. The summed E-state index contributed by atoms with van der Waals surface area (Å²) in [6.45, 7) is 0. The first-order valence-corrected chi connectivity index (χ1v) is 4.83. The van der Waals surface area contributed by atoms with Crippen LogP contribution in [0.15, 0.2) is 29.2 Å². The van der Waals surface area contributed by atoms with Crippen LogP contribution in [-0.2, 0) is 15.0 Å². The molecule has 2 N–H and O–H groups in total. The Morgan fingerprint density at radius 2 is 1.87 bits per heavy atom. The molecule has 6 nitrogen and oxygen atoms in total. The van der Waals surface area contributed by atoms with Gasteiger partial charge in [0.05, 0.1) is 5.56 Å². The Morgan fingerprint density at radius 3 is 2.33 bits per heavy atom. The van der Waals surface area contributed by atoms with E-state index < -0.39 is 26.5 Å². The first kappa shape index (κ1) is 15.2. The Hall–Kier alpha value is 0.196. The van der Waals surface area contributed by atoms with Crippen LogP contribution in [0.3, 0.4) is 0 Å². The van der Waals surface area contributed by atoms with Gasteiger partial charge >= 0.3 is 57.4 Å². The van der Waals surface area contributed by atoms with Gasteiger partial charge in [-0.3, -0.25) is 9.44 Å². The molecule has 0 spiro atoms. The molecule has 0 atom stereocenters. The van der Waals surface area contributed by atoms with Gasteiger partial charge in [0.25, 0.3) is 10.1 Å². The van der Waals surface area contributed by atoms with Crippen molar-refractivity contribution in [3.63, 3.8) is 0 Å². The molecule has 0 unspecified atom stereocenters. The molecular formula is C7H7KO6S. The van der Waals surface area contributed by atoms with Crippen molar-refractivity contribution in [1.82, 2.24) is 0 Å². The van der Waals surface area contributed by atoms with Crippen molar-refractivity contribution in [2.45, 2.75) is 4.90 Å². The molecule has 0 fully saturated rings. The van der Waals surface area contributed by atoms with Gasteiger partial charge in [-0.15, -0.1) is 0 Å². The van der Waals surface area contributed by atoms with Crippen LogP contribution in [0.25, 0.3) is 0 Å². The SMILES string of the molecule is O=C(OO)c1ccccc1S(=O)(=O)O.[H-].[K+].